The van der Waals surface area contributed by atoms with Crippen molar-refractivity contribution in [2.24, 2.45) is 0 Å². The van der Waals surface area contributed by atoms with E-state index in [9.17, 15) is 13.5 Å². The van der Waals surface area contributed by atoms with E-state index in [1.165, 1.54) is 10.4 Å². The minimum absolute atomic E-state index is 0.0692. The Labute approximate surface area is 119 Å². The van der Waals surface area contributed by atoms with Gasteiger partial charge in [-0.2, -0.15) is 4.31 Å². The van der Waals surface area contributed by atoms with Crippen LogP contribution in [0.4, 0.5) is 5.69 Å². The molecule has 20 heavy (non-hydrogen) atoms. The summed E-state index contributed by atoms with van der Waals surface area (Å²) in [5.41, 5.74) is 6.07. The lowest BCUT2D eigenvalue weighted by Gasteiger charge is -2.23. The third kappa shape index (κ3) is 2.74. The Kier molecular flexibility index (Phi) is 4.52. The van der Waals surface area contributed by atoms with E-state index in [1.54, 1.807) is 19.1 Å². The van der Waals surface area contributed by atoms with E-state index in [-0.39, 0.29) is 17.5 Å². The molecule has 0 radical (unpaired) electrons. The molecule has 0 aromatic heterocycles. The monoisotopic (exact) mass is 300 g/mol. The SMILES string of the molecule is CCOc1ccc(N)cc1S(=O)(=O)N1CCCC1CO. The molecule has 0 saturated carbocycles. The maximum atomic E-state index is 12.7. The Morgan fingerprint density at radius 2 is 2.25 bits per heavy atom. The lowest BCUT2D eigenvalue weighted by Crippen LogP contribution is -2.37. The molecular weight excluding hydrogens is 280 g/mol. The summed E-state index contributed by atoms with van der Waals surface area (Å²) in [5.74, 6) is 0.297. The summed E-state index contributed by atoms with van der Waals surface area (Å²) in [4.78, 5) is 0.0692. The molecule has 7 heteroatoms. The number of nitrogens with zero attached hydrogens (tertiary/aromatic N) is 1. The van der Waals surface area contributed by atoms with Crippen LogP contribution in [-0.2, 0) is 10.0 Å². The summed E-state index contributed by atoms with van der Waals surface area (Å²) in [6, 6.07) is 4.22. The Morgan fingerprint density at radius 3 is 2.90 bits per heavy atom. The fourth-order valence-corrected chi connectivity index (χ4v) is 4.29. The number of benzene rings is 1. The first kappa shape index (κ1) is 15.1. The smallest absolute Gasteiger partial charge is 0.247 e. The van der Waals surface area contributed by atoms with Crippen LogP contribution in [0, 0.1) is 0 Å². The van der Waals surface area contributed by atoms with Gasteiger partial charge in [-0.3, -0.25) is 0 Å². The maximum absolute atomic E-state index is 12.7. The minimum atomic E-state index is -3.71. The lowest BCUT2D eigenvalue weighted by molar-refractivity contribution is 0.213. The highest BCUT2D eigenvalue weighted by Crippen LogP contribution is 2.32. The first-order valence-corrected chi connectivity index (χ1v) is 8.09. The first-order chi connectivity index (χ1) is 9.50. The van der Waals surface area contributed by atoms with Crippen LogP contribution in [0.3, 0.4) is 0 Å². The summed E-state index contributed by atoms with van der Waals surface area (Å²) >= 11 is 0. The highest BCUT2D eigenvalue weighted by Gasteiger charge is 2.36. The van der Waals surface area contributed by atoms with Crippen molar-refractivity contribution >= 4 is 15.7 Å². The lowest BCUT2D eigenvalue weighted by atomic mass is 10.2. The van der Waals surface area contributed by atoms with Crippen molar-refractivity contribution in [2.45, 2.75) is 30.7 Å². The van der Waals surface area contributed by atoms with E-state index in [1.807, 2.05) is 0 Å². The van der Waals surface area contributed by atoms with Gasteiger partial charge in [-0.1, -0.05) is 0 Å². The zero-order chi connectivity index (χ0) is 14.8. The quantitative estimate of drug-likeness (QED) is 0.785. The number of hydrogen-bond acceptors (Lipinski definition) is 5. The molecule has 1 aliphatic rings. The first-order valence-electron chi connectivity index (χ1n) is 6.65. The maximum Gasteiger partial charge on any atom is 0.247 e. The average Bonchev–Trinajstić information content (AvgIpc) is 2.90. The molecule has 1 saturated heterocycles. The van der Waals surface area contributed by atoms with Crippen LogP contribution < -0.4 is 10.5 Å². The van der Waals surface area contributed by atoms with Gasteiger partial charge in [0, 0.05) is 18.3 Å². The Hall–Kier alpha value is -1.31. The second-order valence-electron chi connectivity index (χ2n) is 4.73. The minimum Gasteiger partial charge on any atom is -0.492 e. The molecule has 0 bridgehead atoms. The summed E-state index contributed by atoms with van der Waals surface area (Å²) in [7, 11) is -3.71. The van der Waals surface area contributed by atoms with Crippen molar-refractivity contribution < 1.29 is 18.3 Å². The number of rotatable bonds is 5. The summed E-state index contributed by atoms with van der Waals surface area (Å²) < 4.78 is 32.2. The number of aliphatic hydroxyl groups is 1. The van der Waals surface area contributed by atoms with Crippen LogP contribution in [0.5, 0.6) is 5.75 Å². The van der Waals surface area contributed by atoms with E-state index < -0.39 is 10.0 Å². The summed E-state index contributed by atoms with van der Waals surface area (Å²) in [6.45, 7) is 2.40. The van der Waals surface area contributed by atoms with Gasteiger partial charge in [0.1, 0.15) is 10.6 Å². The van der Waals surface area contributed by atoms with Gasteiger partial charge in [0.25, 0.3) is 0 Å². The standard InChI is InChI=1S/C13H20N2O4S/c1-2-19-12-6-5-10(14)8-13(12)20(17,18)15-7-3-4-11(15)9-16/h5-6,8,11,16H,2-4,7,9,14H2,1H3. The van der Waals surface area contributed by atoms with Crippen LogP contribution in [0.25, 0.3) is 0 Å². The van der Waals surface area contributed by atoms with Gasteiger partial charge in [-0.25, -0.2) is 8.42 Å². The van der Waals surface area contributed by atoms with Crippen LogP contribution in [0.1, 0.15) is 19.8 Å². The number of anilines is 1. The van der Waals surface area contributed by atoms with E-state index in [4.69, 9.17) is 10.5 Å². The Bertz CT molecular complexity index is 574. The molecule has 1 aromatic rings. The van der Waals surface area contributed by atoms with Crippen molar-refractivity contribution in [3.63, 3.8) is 0 Å². The molecule has 6 nitrogen and oxygen atoms in total. The number of nitrogens with two attached hydrogens (primary N) is 1. The van der Waals surface area contributed by atoms with Crippen molar-refractivity contribution in [3.05, 3.63) is 18.2 Å². The number of aliphatic hydroxyl groups excluding tert-OH is 1. The normalized spacial score (nSPS) is 20.2. The van der Waals surface area contributed by atoms with Crippen molar-refractivity contribution in [2.75, 3.05) is 25.5 Å². The van der Waals surface area contributed by atoms with Crippen molar-refractivity contribution in [3.8, 4) is 5.75 Å². The Balaban J connectivity index is 2.45. The molecule has 1 heterocycles. The fourth-order valence-electron chi connectivity index (χ4n) is 2.44. The van der Waals surface area contributed by atoms with Crippen LogP contribution >= 0.6 is 0 Å². The zero-order valence-electron chi connectivity index (χ0n) is 11.4. The largest absolute Gasteiger partial charge is 0.492 e. The summed E-state index contributed by atoms with van der Waals surface area (Å²) in [5, 5.41) is 9.31. The highest BCUT2D eigenvalue weighted by atomic mass is 32.2. The fraction of sp³-hybridized carbons (Fsp3) is 0.538. The predicted molar refractivity (Wildman–Crippen MR) is 76.0 cm³/mol. The van der Waals surface area contributed by atoms with Gasteiger partial charge in [-0.15, -0.1) is 0 Å². The van der Waals surface area contributed by atoms with E-state index in [2.05, 4.69) is 0 Å². The topological polar surface area (TPSA) is 92.9 Å². The molecule has 0 aliphatic carbocycles. The van der Waals surface area contributed by atoms with Gasteiger partial charge in [0.15, 0.2) is 0 Å². The second kappa shape index (κ2) is 5.99. The summed E-state index contributed by atoms with van der Waals surface area (Å²) in [6.07, 6.45) is 1.42. The molecule has 3 N–H and O–H groups in total. The van der Waals surface area contributed by atoms with Crippen LogP contribution in [0.15, 0.2) is 23.1 Å². The number of nitrogen functional groups attached to an aromatic ring is 1. The molecule has 1 aliphatic heterocycles. The third-order valence-electron chi connectivity index (χ3n) is 3.39. The second-order valence-corrected chi connectivity index (χ2v) is 6.59. The molecule has 1 unspecified atom stereocenters. The molecule has 0 spiro atoms. The molecule has 1 aromatic carbocycles. The van der Waals surface area contributed by atoms with Crippen molar-refractivity contribution in [1.82, 2.24) is 4.31 Å². The molecule has 112 valence electrons. The molecule has 2 rings (SSSR count). The van der Waals surface area contributed by atoms with Gasteiger partial charge in [0.05, 0.1) is 13.2 Å². The van der Waals surface area contributed by atoms with Crippen molar-refractivity contribution in [1.29, 1.82) is 0 Å². The molecular formula is C13H20N2O4S. The van der Waals surface area contributed by atoms with E-state index in [0.29, 0.717) is 31.0 Å². The number of ether oxygens (including phenoxy) is 1. The zero-order valence-corrected chi connectivity index (χ0v) is 12.3. The number of hydrogen-bond donors (Lipinski definition) is 2. The van der Waals surface area contributed by atoms with E-state index in [0.717, 1.165) is 6.42 Å². The van der Waals surface area contributed by atoms with Gasteiger partial charge in [0.2, 0.25) is 10.0 Å². The van der Waals surface area contributed by atoms with Crippen LogP contribution in [-0.4, -0.2) is 43.6 Å². The van der Waals surface area contributed by atoms with Crippen LogP contribution in [0.2, 0.25) is 0 Å². The van der Waals surface area contributed by atoms with Gasteiger partial charge >= 0.3 is 0 Å². The molecule has 0 amide bonds. The number of sulfonamides is 1. The predicted octanol–water partition coefficient (Wildman–Crippen LogP) is 0.813. The molecule has 1 fully saturated rings. The van der Waals surface area contributed by atoms with Gasteiger partial charge < -0.3 is 15.6 Å². The Morgan fingerprint density at radius 1 is 1.50 bits per heavy atom. The average molecular weight is 300 g/mol. The van der Waals surface area contributed by atoms with Gasteiger partial charge in [-0.05, 0) is 38.0 Å². The molecule has 1 atom stereocenters. The third-order valence-corrected chi connectivity index (χ3v) is 5.36. The van der Waals surface area contributed by atoms with E-state index >= 15 is 0 Å². The highest BCUT2D eigenvalue weighted by molar-refractivity contribution is 7.89.